The molecule has 0 aromatic carbocycles. The predicted octanol–water partition coefficient (Wildman–Crippen LogP) is 1.26. The molecule has 0 bridgehead atoms. The predicted molar refractivity (Wildman–Crippen MR) is 52.9 cm³/mol. The number of hydrogen-bond acceptors (Lipinski definition) is 6. The van der Waals surface area contributed by atoms with Crippen molar-refractivity contribution in [3.05, 3.63) is 12.2 Å². The van der Waals surface area contributed by atoms with Gasteiger partial charge in [0.2, 0.25) is 11.7 Å². The van der Waals surface area contributed by atoms with Gasteiger partial charge in [0.1, 0.15) is 6.33 Å². The number of aromatic amines is 1. The number of nitrogens with one attached hydrogen (secondary N) is 1. The average Bonchev–Trinajstić information content (AvgIpc) is 2.94. The maximum atomic E-state index is 8.48. The Hall–Kier alpha value is -2.23. The van der Waals surface area contributed by atoms with Crippen molar-refractivity contribution in [3.63, 3.8) is 0 Å². The first-order valence-corrected chi connectivity index (χ1v) is 4.87. The summed E-state index contributed by atoms with van der Waals surface area (Å²) in [5, 5.41) is 18.6. The summed E-state index contributed by atoms with van der Waals surface area (Å²) in [6.07, 6.45) is 2.56. The maximum Gasteiger partial charge on any atom is 0.239 e. The van der Waals surface area contributed by atoms with Crippen molar-refractivity contribution < 1.29 is 4.52 Å². The van der Waals surface area contributed by atoms with Crippen LogP contribution in [0.25, 0.3) is 11.6 Å². The van der Waals surface area contributed by atoms with Crippen LogP contribution < -0.4 is 0 Å². The van der Waals surface area contributed by atoms with Crippen LogP contribution in [0.3, 0.4) is 0 Å². The molecule has 2 rings (SSSR count). The van der Waals surface area contributed by atoms with E-state index in [0.717, 1.165) is 0 Å². The maximum absolute atomic E-state index is 8.48. The Morgan fingerprint density at radius 3 is 3.19 bits per heavy atom. The molecule has 16 heavy (non-hydrogen) atoms. The molecule has 2 aromatic rings. The molecular formula is C9H10N6O. The molecule has 1 atom stereocenters. The van der Waals surface area contributed by atoms with Gasteiger partial charge in [-0.25, -0.2) is 4.98 Å². The fourth-order valence-electron chi connectivity index (χ4n) is 1.25. The highest BCUT2D eigenvalue weighted by Gasteiger charge is 2.16. The zero-order valence-corrected chi connectivity index (χ0v) is 8.71. The van der Waals surface area contributed by atoms with Gasteiger partial charge in [-0.3, -0.25) is 5.10 Å². The van der Waals surface area contributed by atoms with Gasteiger partial charge in [0.15, 0.2) is 5.82 Å². The largest absolute Gasteiger partial charge is 0.339 e. The smallest absolute Gasteiger partial charge is 0.239 e. The summed E-state index contributed by atoms with van der Waals surface area (Å²) in [5.41, 5.74) is 0. The zero-order valence-electron chi connectivity index (χ0n) is 8.71. The Morgan fingerprint density at radius 1 is 1.62 bits per heavy atom. The van der Waals surface area contributed by atoms with Crippen LogP contribution in [0, 0.1) is 11.3 Å². The van der Waals surface area contributed by atoms with E-state index in [0.29, 0.717) is 30.4 Å². The van der Waals surface area contributed by atoms with Crippen LogP contribution in [0.1, 0.15) is 31.6 Å². The Labute approximate surface area is 91.5 Å². The second kappa shape index (κ2) is 4.53. The molecule has 0 aliphatic heterocycles. The first-order valence-electron chi connectivity index (χ1n) is 4.87. The van der Waals surface area contributed by atoms with E-state index in [4.69, 9.17) is 9.78 Å². The summed E-state index contributed by atoms with van der Waals surface area (Å²) in [4.78, 5) is 8.10. The Balaban J connectivity index is 2.11. The second-order valence-corrected chi connectivity index (χ2v) is 3.39. The zero-order chi connectivity index (χ0) is 11.4. The van der Waals surface area contributed by atoms with E-state index in [9.17, 15) is 0 Å². The molecule has 0 saturated heterocycles. The second-order valence-electron chi connectivity index (χ2n) is 3.39. The molecule has 2 aromatic heterocycles. The quantitative estimate of drug-likeness (QED) is 0.828. The molecule has 82 valence electrons. The number of H-pyrrole nitrogens is 1. The fourth-order valence-corrected chi connectivity index (χ4v) is 1.25. The highest BCUT2D eigenvalue weighted by molar-refractivity contribution is 5.39. The third kappa shape index (κ3) is 2.06. The standard InChI is InChI=1S/C9H10N6O/c1-6(3-2-4-10)9-13-8(15-16-9)7-11-5-12-14-7/h5-6H,2-3H2,1H3,(H,11,12,14). The van der Waals surface area contributed by atoms with Crippen LogP contribution in [0.15, 0.2) is 10.9 Å². The molecule has 0 saturated carbocycles. The van der Waals surface area contributed by atoms with Crippen molar-refractivity contribution in [2.24, 2.45) is 0 Å². The average molecular weight is 218 g/mol. The molecule has 0 amide bonds. The summed E-state index contributed by atoms with van der Waals surface area (Å²) < 4.78 is 5.09. The fraction of sp³-hybridized carbons (Fsp3) is 0.444. The van der Waals surface area contributed by atoms with Crippen LogP contribution in [-0.2, 0) is 0 Å². The molecule has 0 aliphatic carbocycles. The van der Waals surface area contributed by atoms with Gasteiger partial charge in [0.05, 0.1) is 6.07 Å². The van der Waals surface area contributed by atoms with Crippen molar-refractivity contribution in [1.82, 2.24) is 25.3 Å². The lowest BCUT2D eigenvalue weighted by Gasteiger charge is -2.00. The summed E-state index contributed by atoms with van der Waals surface area (Å²) in [7, 11) is 0. The van der Waals surface area contributed by atoms with Crippen molar-refractivity contribution in [2.75, 3.05) is 0 Å². The van der Waals surface area contributed by atoms with Crippen molar-refractivity contribution in [1.29, 1.82) is 5.26 Å². The monoisotopic (exact) mass is 218 g/mol. The van der Waals surface area contributed by atoms with Gasteiger partial charge in [0.25, 0.3) is 0 Å². The summed E-state index contributed by atoms with van der Waals surface area (Å²) in [6, 6.07) is 2.08. The van der Waals surface area contributed by atoms with E-state index in [2.05, 4.69) is 31.4 Å². The first-order chi connectivity index (χ1) is 7.81. The Bertz CT molecular complexity index is 482. The number of nitrogens with zero attached hydrogens (tertiary/aromatic N) is 5. The SMILES string of the molecule is CC(CCC#N)c1nc(-c2ncn[nH]2)no1. The van der Waals surface area contributed by atoms with E-state index in [1.165, 1.54) is 6.33 Å². The van der Waals surface area contributed by atoms with Crippen molar-refractivity contribution >= 4 is 0 Å². The van der Waals surface area contributed by atoms with Crippen molar-refractivity contribution in [3.8, 4) is 17.7 Å². The van der Waals surface area contributed by atoms with Crippen LogP contribution in [0.5, 0.6) is 0 Å². The minimum Gasteiger partial charge on any atom is -0.339 e. The highest BCUT2D eigenvalue weighted by Crippen LogP contribution is 2.20. The molecule has 1 unspecified atom stereocenters. The normalized spacial score (nSPS) is 12.2. The lowest BCUT2D eigenvalue weighted by Crippen LogP contribution is -1.93. The third-order valence-electron chi connectivity index (χ3n) is 2.18. The number of nitriles is 1. The molecule has 0 spiro atoms. The van der Waals surface area contributed by atoms with Gasteiger partial charge in [-0.1, -0.05) is 12.1 Å². The molecule has 0 fully saturated rings. The Morgan fingerprint density at radius 2 is 2.50 bits per heavy atom. The van der Waals surface area contributed by atoms with Gasteiger partial charge in [-0.05, 0) is 6.42 Å². The first kappa shape index (κ1) is 10.3. The van der Waals surface area contributed by atoms with Crippen LogP contribution in [-0.4, -0.2) is 25.3 Å². The molecule has 7 heteroatoms. The molecule has 1 N–H and O–H groups in total. The topological polar surface area (TPSA) is 104 Å². The van der Waals surface area contributed by atoms with Gasteiger partial charge < -0.3 is 4.52 Å². The van der Waals surface area contributed by atoms with Gasteiger partial charge in [-0.2, -0.15) is 15.3 Å². The van der Waals surface area contributed by atoms with Gasteiger partial charge >= 0.3 is 0 Å². The van der Waals surface area contributed by atoms with E-state index in [1.54, 1.807) is 0 Å². The van der Waals surface area contributed by atoms with E-state index in [1.807, 2.05) is 6.92 Å². The lowest BCUT2D eigenvalue weighted by molar-refractivity contribution is 0.354. The van der Waals surface area contributed by atoms with Crippen LogP contribution >= 0.6 is 0 Å². The molecule has 0 aliphatic rings. The van der Waals surface area contributed by atoms with Crippen LogP contribution in [0.2, 0.25) is 0 Å². The number of aromatic nitrogens is 5. The summed E-state index contributed by atoms with van der Waals surface area (Å²) >= 11 is 0. The molecular weight excluding hydrogens is 208 g/mol. The van der Waals surface area contributed by atoms with E-state index < -0.39 is 0 Å². The number of rotatable bonds is 4. The van der Waals surface area contributed by atoms with Gasteiger partial charge in [0, 0.05) is 12.3 Å². The highest BCUT2D eigenvalue weighted by atomic mass is 16.5. The minimum absolute atomic E-state index is 0.0730. The number of hydrogen-bond donors (Lipinski definition) is 1. The minimum atomic E-state index is 0.0730. The Kier molecular flexibility index (Phi) is 2.91. The van der Waals surface area contributed by atoms with Crippen LogP contribution in [0.4, 0.5) is 0 Å². The van der Waals surface area contributed by atoms with E-state index >= 15 is 0 Å². The molecule has 2 heterocycles. The third-order valence-corrected chi connectivity index (χ3v) is 2.18. The van der Waals surface area contributed by atoms with Crippen molar-refractivity contribution in [2.45, 2.75) is 25.7 Å². The summed E-state index contributed by atoms with van der Waals surface area (Å²) in [6.45, 7) is 1.94. The van der Waals surface area contributed by atoms with Gasteiger partial charge in [-0.15, -0.1) is 0 Å². The van der Waals surface area contributed by atoms with E-state index in [-0.39, 0.29) is 5.92 Å². The molecule has 7 nitrogen and oxygen atoms in total. The summed E-state index contributed by atoms with van der Waals surface area (Å²) in [5.74, 6) is 1.45. The lowest BCUT2D eigenvalue weighted by atomic mass is 10.1. The molecule has 0 radical (unpaired) electrons.